The molecule has 1 heterocycles. The number of hydrogen-bond acceptors (Lipinski definition) is 4. The van der Waals surface area contributed by atoms with Crippen LogP contribution in [0.3, 0.4) is 0 Å². The first-order valence-corrected chi connectivity index (χ1v) is 7.16. The Hall–Kier alpha value is -1.59. The molecule has 0 atom stereocenters. The van der Waals surface area contributed by atoms with Crippen molar-refractivity contribution < 1.29 is 9.90 Å². The smallest absolute Gasteiger partial charge is 0.234 e. The van der Waals surface area contributed by atoms with E-state index in [1.807, 2.05) is 12.1 Å². The van der Waals surface area contributed by atoms with Crippen LogP contribution >= 0.6 is 0 Å². The predicted octanol–water partition coefficient (Wildman–Crippen LogP) is 0.474. The Kier molecular flexibility index (Phi) is 5.38. The van der Waals surface area contributed by atoms with Crippen LogP contribution in [-0.2, 0) is 11.2 Å². The van der Waals surface area contributed by atoms with Crippen molar-refractivity contribution >= 4 is 5.91 Å². The molecule has 2 rings (SSSR count). The summed E-state index contributed by atoms with van der Waals surface area (Å²) >= 11 is 0. The minimum atomic E-state index is 0.0687. The van der Waals surface area contributed by atoms with Crippen molar-refractivity contribution in [3.05, 3.63) is 29.8 Å². The zero-order valence-corrected chi connectivity index (χ0v) is 11.7. The summed E-state index contributed by atoms with van der Waals surface area (Å²) in [5, 5.41) is 12.1. The van der Waals surface area contributed by atoms with Crippen LogP contribution in [0.1, 0.15) is 18.4 Å². The molecule has 0 spiro atoms. The van der Waals surface area contributed by atoms with Gasteiger partial charge in [0.2, 0.25) is 5.91 Å². The maximum absolute atomic E-state index is 11.8. The van der Waals surface area contributed by atoms with Crippen molar-refractivity contribution in [1.82, 2.24) is 10.2 Å². The largest absolute Gasteiger partial charge is 0.508 e. The summed E-state index contributed by atoms with van der Waals surface area (Å²) in [5.74, 6) is 0.334. The van der Waals surface area contributed by atoms with E-state index in [1.54, 1.807) is 12.1 Å². The van der Waals surface area contributed by atoms with Gasteiger partial charge >= 0.3 is 0 Å². The maximum atomic E-state index is 11.8. The summed E-state index contributed by atoms with van der Waals surface area (Å²) in [5.41, 5.74) is 6.94. The zero-order valence-electron chi connectivity index (χ0n) is 11.7. The third-order valence-corrected chi connectivity index (χ3v) is 3.67. The number of nitrogens with zero attached hydrogens (tertiary/aromatic N) is 1. The highest BCUT2D eigenvalue weighted by Crippen LogP contribution is 2.10. The fraction of sp³-hybridized carbons (Fsp3) is 0.533. The fourth-order valence-corrected chi connectivity index (χ4v) is 2.38. The number of aromatic hydroxyl groups is 1. The predicted molar refractivity (Wildman–Crippen MR) is 78.5 cm³/mol. The second-order valence-electron chi connectivity index (χ2n) is 5.38. The van der Waals surface area contributed by atoms with Gasteiger partial charge in [0.05, 0.1) is 6.54 Å². The lowest BCUT2D eigenvalue weighted by atomic mass is 10.1. The standard InChI is InChI=1S/C15H23N3O2/c16-13-6-9-18(10-7-13)11-15(20)17-8-5-12-1-3-14(19)4-2-12/h1-4,13,19H,5-11,16H2,(H,17,20). The van der Waals surface area contributed by atoms with Gasteiger partial charge in [0.15, 0.2) is 0 Å². The second kappa shape index (κ2) is 7.26. The molecular formula is C15H23N3O2. The summed E-state index contributed by atoms with van der Waals surface area (Å²) in [6.45, 7) is 2.90. The van der Waals surface area contributed by atoms with E-state index in [0.29, 0.717) is 19.1 Å². The molecule has 1 aliphatic rings. The molecule has 0 aromatic heterocycles. The summed E-state index contributed by atoms with van der Waals surface area (Å²) in [6, 6.07) is 7.35. The monoisotopic (exact) mass is 277 g/mol. The summed E-state index contributed by atoms with van der Waals surface area (Å²) < 4.78 is 0. The van der Waals surface area contributed by atoms with E-state index >= 15 is 0 Å². The first-order valence-electron chi connectivity index (χ1n) is 7.16. The topological polar surface area (TPSA) is 78.6 Å². The Morgan fingerprint density at radius 1 is 1.30 bits per heavy atom. The Bertz CT molecular complexity index is 425. The van der Waals surface area contributed by atoms with Crippen molar-refractivity contribution in [3.8, 4) is 5.75 Å². The lowest BCUT2D eigenvalue weighted by Crippen LogP contribution is -2.44. The van der Waals surface area contributed by atoms with E-state index in [4.69, 9.17) is 5.73 Å². The lowest BCUT2D eigenvalue weighted by Gasteiger charge is -2.29. The first-order chi connectivity index (χ1) is 9.63. The normalized spacial score (nSPS) is 17.1. The Balaban J connectivity index is 1.64. The van der Waals surface area contributed by atoms with Crippen LogP contribution in [0.5, 0.6) is 5.75 Å². The van der Waals surface area contributed by atoms with Gasteiger partial charge < -0.3 is 16.2 Å². The number of phenols is 1. The average Bonchev–Trinajstić information content (AvgIpc) is 2.44. The number of nitrogens with two attached hydrogens (primary N) is 1. The van der Waals surface area contributed by atoms with Crippen molar-refractivity contribution in [2.45, 2.75) is 25.3 Å². The SMILES string of the molecule is NC1CCN(CC(=O)NCCc2ccc(O)cc2)CC1. The number of rotatable bonds is 5. The molecule has 20 heavy (non-hydrogen) atoms. The number of piperidine rings is 1. The number of benzene rings is 1. The van der Waals surface area contributed by atoms with Gasteiger partial charge in [-0.1, -0.05) is 12.1 Å². The number of carbonyl (C=O) groups is 1. The summed E-state index contributed by atoms with van der Waals surface area (Å²) in [6.07, 6.45) is 2.72. The number of nitrogens with one attached hydrogen (secondary N) is 1. The number of amides is 1. The van der Waals surface area contributed by atoms with Crippen LogP contribution in [0.2, 0.25) is 0 Å². The van der Waals surface area contributed by atoms with Gasteiger partial charge in [0.25, 0.3) is 0 Å². The van der Waals surface area contributed by atoms with E-state index in [1.165, 1.54) is 0 Å². The van der Waals surface area contributed by atoms with Crippen LogP contribution in [-0.4, -0.2) is 48.1 Å². The molecule has 1 amide bonds. The molecule has 0 saturated carbocycles. The van der Waals surface area contributed by atoms with Gasteiger partial charge in [0, 0.05) is 25.7 Å². The molecule has 1 saturated heterocycles. The van der Waals surface area contributed by atoms with E-state index in [2.05, 4.69) is 10.2 Å². The van der Waals surface area contributed by atoms with E-state index < -0.39 is 0 Å². The van der Waals surface area contributed by atoms with Crippen molar-refractivity contribution in [1.29, 1.82) is 0 Å². The number of hydrogen-bond donors (Lipinski definition) is 3. The van der Waals surface area contributed by atoms with Gasteiger partial charge in [-0.25, -0.2) is 0 Å². The molecule has 4 N–H and O–H groups in total. The van der Waals surface area contributed by atoms with Crippen LogP contribution in [0.4, 0.5) is 0 Å². The van der Waals surface area contributed by atoms with Crippen molar-refractivity contribution in [3.63, 3.8) is 0 Å². The van der Waals surface area contributed by atoms with Crippen LogP contribution in [0.15, 0.2) is 24.3 Å². The van der Waals surface area contributed by atoms with Crippen LogP contribution in [0.25, 0.3) is 0 Å². The molecule has 1 aromatic carbocycles. The quantitative estimate of drug-likeness (QED) is 0.731. The van der Waals surface area contributed by atoms with Gasteiger partial charge in [-0.05, 0) is 37.0 Å². The van der Waals surface area contributed by atoms with Crippen molar-refractivity contribution in [2.75, 3.05) is 26.2 Å². The van der Waals surface area contributed by atoms with Gasteiger partial charge in [-0.2, -0.15) is 0 Å². The molecule has 0 radical (unpaired) electrons. The maximum Gasteiger partial charge on any atom is 0.234 e. The lowest BCUT2D eigenvalue weighted by molar-refractivity contribution is -0.122. The molecule has 1 aromatic rings. The molecule has 1 aliphatic heterocycles. The highest BCUT2D eigenvalue weighted by Gasteiger charge is 2.17. The van der Waals surface area contributed by atoms with Crippen LogP contribution in [0, 0.1) is 0 Å². The highest BCUT2D eigenvalue weighted by molar-refractivity contribution is 5.78. The molecule has 0 aliphatic carbocycles. The van der Waals surface area contributed by atoms with E-state index in [9.17, 15) is 9.90 Å². The first kappa shape index (κ1) is 14.8. The zero-order chi connectivity index (χ0) is 14.4. The van der Waals surface area contributed by atoms with Gasteiger partial charge in [-0.15, -0.1) is 0 Å². The third kappa shape index (κ3) is 4.83. The minimum absolute atomic E-state index is 0.0687. The second-order valence-corrected chi connectivity index (χ2v) is 5.38. The number of phenolic OH excluding ortho intramolecular Hbond substituents is 1. The van der Waals surface area contributed by atoms with Gasteiger partial charge in [-0.3, -0.25) is 9.69 Å². The average molecular weight is 277 g/mol. The molecular weight excluding hydrogens is 254 g/mol. The van der Waals surface area contributed by atoms with E-state index in [0.717, 1.165) is 37.9 Å². The van der Waals surface area contributed by atoms with E-state index in [-0.39, 0.29) is 11.7 Å². The summed E-state index contributed by atoms with van der Waals surface area (Å²) in [7, 11) is 0. The van der Waals surface area contributed by atoms with Gasteiger partial charge in [0.1, 0.15) is 5.75 Å². The minimum Gasteiger partial charge on any atom is -0.508 e. The highest BCUT2D eigenvalue weighted by atomic mass is 16.3. The number of carbonyl (C=O) groups excluding carboxylic acids is 1. The molecule has 1 fully saturated rings. The molecule has 5 nitrogen and oxygen atoms in total. The molecule has 0 unspecified atom stereocenters. The Labute approximate surface area is 119 Å². The number of likely N-dealkylation sites (tertiary alicyclic amines) is 1. The fourth-order valence-electron chi connectivity index (χ4n) is 2.38. The molecule has 5 heteroatoms. The summed E-state index contributed by atoms with van der Waals surface area (Å²) in [4.78, 5) is 14.0. The van der Waals surface area contributed by atoms with Crippen molar-refractivity contribution in [2.24, 2.45) is 5.73 Å². The Morgan fingerprint density at radius 2 is 1.95 bits per heavy atom. The molecule has 110 valence electrons. The molecule has 0 bridgehead atoms. The Morgan fingerprint density at radius 3 is 2.60 bits per heavy atom. The third-order valence-electron chi connectivity index (χ3n) is 3.67. The van der Waals surface area contributed by atoms with Crippen LogP contribution < -0.4 is 11.1 Å².